The fourth-order valence-corrected chi connectivity index (χ4v) is 3.81. The highest BCUT2D eigenvalue weighted by atomic mass is 35.5. The van der Waals surface area contributed by atoms with Gasteiger partial charge in [-0.3, -0.25) is 14.3 Å². The number of carbonyl (C=O) groups is 1. The predicted octanol–water partition coefficient (Wildman–Crippen LogP) is 4.23. The second kappa shape index (κ2) is 10.8. The average Bonchev–Trinajstić information content (AvgIpc) is 3.28. The van der Waals surface area contributed by atoms with Gasteiger partial charge in [-0.2, -0.15) is 5.10 Å². The number of rotatable bonds is 8. The highest BCUT2D eigenvalue weighted by Gasteiger charge is 2.17. The van der Waals surface area contributed by atoms with Gasteiger partial charge in [0.25, 0.3) is 5.91 Å². The molecule has 0 aliphatic carbocycles. The Morgan fingerprint density at radius 3 is 2.70 bits per heavy atom. The van der Waals surface area contributed by atoms with Gasteiger partial charge in [0.2, 0.25) is 0 Å². The van der Waals surface area contributed by atoms with Gasteiger partial charge in [0, 0.05) is 28.7 Å². The van der Waals surface area contributed by atoms with Gasteiger partial charge in [-0.1, -0.05) is 35.5 Å². The normalized spacial score (nSPS) is 11.0. The first-order valence-electron chi connectivity index (χ1n) is 9.84. The lowest BCUT2D eigenvalue weighted by Crippen LogP contribution is -2.20. The predicted molar refractivity (Wildman–Crippen MR) is 129 cm³/mol. The number of ether oxygens (including phenoxy) is 1. The number of halogens is 1. The number of hydrogen-bond acceptors (Lipinski definition) is 7. The molecule has 33 heavy (non-hydrogen) atoms. The number of carbonyl (C=O) groups excluding carboxylic acids is 1. The van der Waals surface area contributed by atoms with Crippen LogP contribution in [0.2, 0.25) is 5.02 Å². The van der Waals surface area contributed by atoms with Crippen LogP contribution in [0.5, 0.6) is 5.75 Å². The molecule has 8 nitrogen and oxygen atoms in total. The van der Waals surface area contributed by atoms with Crippen LogP contribution in [-0.2, 0) is 4.79 Å². The molecule has 0 spiro atoms. The van der Waals surface area contributed by atoms with Crippen molar-refractivity contribution in [2.45, 2.75) is 5.16 Å². The molecular formula is C23H19ClN6O2S. The number of hydrazone groups is 1. The van der Waals surface area contributed by atoms with Crippen LogP contribution in [0.3, 0.4) is 0 Å². The van der Waals surface area contributed by atoms with Crippen LogP contribution in [0.4, 0.5) is 0 Å². The van der Waals surface area contributed by atoms with Crippen LogP contribution in [0.1, 0.15) is 5.56 Å². The molecule has 0 fully saturated rings. The minimum absolute atomic E-state index is 0.109. The van der Waals surface area contributed by atoms with Crippen molar-refractivity contribution in [3.8, 4) is 22.8 Å². The molecule has 4 rings (SSSR count). The van der Waals surface area contributed by atoms with Gasteiger partial charge in [0.15, 0.2) is 11.0 Å². The molecule has 0 atom stereocenters. The Hall–Kier alpha value is -3.69. The van der Waals surface area contributed by atoms with E-state index in [1.165, 1.54) is 11.8 Å². The monoisotopic (exact) mass is 478 g/mol. The van der Waals surface area contributed by atoms with Crippen molar-refractivity contribution in [1.29, 1.82) is 0 Å². The van der Waals surface area contributed by atoms with E-state index in [0.717, 1.165) is 16.8 Å². The molecule has 0 radical (unpaired) electrons. The van der Waals surface area contributed by atoms with Gasteiger partial charge in [-0.05, 0) is 54.1 Å². The van der Waals surface area contributed by atoms with Crippen LogP contribution >= 0.6 is 23.4 Å². The maximum absolute atomic E-state index is 12.3. The van der Waals surface area contributed by atoms with Crippen LogP contribution in [0.25, 0.3) is 17.1 Å². The fraction of sp³-hybridized carbons (Fsp3) is 0.0870. The van der Waals surface area contributed by atoms with E-state index in [9.17, 15) is 4.79 Å². The molecule has 0 aliphatic rings. The molecule has 166 valence electrons. The maximum Gasteiger partial charge on any atom is 0.250 e. The van der Waals surface area contributed by atoms with Crippen molar-refractivity contribution in [2.75, 3.05) is 12.9 Å². The summed E-state index contributed by atoms with van der Waals surface area (Å²) in [5.74, 6) is 1.19. The summed E-state index contributed by atoms with van der Waals surface area (Å²) < 4.78 is 7.06. The Labute approximate surface area is 199 Å². The Morgan fingerprint density at radius 2 is 1.94 bits per heavy atom. The molecule has 1 N–H and O–H groups in total. The smallest absolute Gasteiger partial charge is 0.250 e. The number of nitrogens with one attached hydrogen (secondary N) is 1. The van der Waals surface area contributed by atoms with E-state index in [1.807, 2.05) is 53.1 Å². The molecule has 2 aromatic heterocycles. The Kier molecular flexibility index (Phi) is 7.33. The van der Waals surface area contributed by atoms with Crippen LogP contribution in [0.15, 0.2) is 83.3 Å². The summed E-state index contributed by atoms with van der Waals surface area (Å²) in [5, 5.41) is 13.8. The van der Waals surface area contributed by atoms with Gasteiger partial charge in [-0.25, -0.2) is 5.43 Å². The number of aromatic nitrogens is 4. The largest absolute Gasteiger partial charge is 0.497 e. The SMILES string of the molecule is COc1cccc(/C=N\NC(=O)CSc2nnc(-c3ccncc3)n2-c2ccc(Cl)cc2)c1. The molecule has 1 amide bonds. The van der Waals surface area contributed by atoms with E-state index in [2.05, 4.69) is 25.7 Å². The third kappa shape index (κ3) is 5.76. The summed E-state index contributed by atoms with van der Waals surface area (Å²) in [5.41, 5.74) is 5.02. The molecule has 4 aromatic rings. The zero-order chi connectivity index (χ0) is 23.0. The summed E-state index contributed by atoms with van der Waals surface area (Å²) in [4.78, 5) is 16.4. The highest BCUT2D eigenvalue weighted by molar-refractivity contribution is 7.99. The highest BCUT2D eigenvalue weighted by Crippen LogP contribution is 2.28. The molecule has 2 aromatic carbocycles. The number of thioether (sulfide) groups is 1. The van der Waals surface area contributed by atoms with E-state index in [-0.39, 0.29) is 11.7 Å². The van der Waals surface area contributed by atoms with E-state index in [4.69, 9.17) is 16.3 Å². The van der Waals surface area contributed by atoms with Crippen molar-refractivity contribution in [2.24, 2.45) is 5.10 Å². The van der Waals surface area contributed by atoms with Gasteiger partial charge >= 0.3 is 0 Å². The summed E-state index contributed by atoms with van der Waals surface area (Å²) in [6.45, 7) is 0. The number of amides is 1. The first kappa shape index (κ1) is 22.5. The third-order valence-corrected chi connectivity index (χ3v) is 5.67. The number of benzene rings is 2. The first-order valence-corrected chi connectivity index (χ1v) is 11.2. The second-order valence-corrected chi connectivity index (χ2v) is 8.09. The molecule has 0 unspecified atom stereocenters. The summed E-state index contributed by atoms with van der Waals surface area (Å²) in [6, 6.07) is 18.4. The van der Waals surface area contributed by atoms with Crippen molar-refractivity contribution in [1.82, 2.24) is 25.2 Å². The molecule has 0 bridgehead atoms. The van der Waals surface area contributed by atoms with Crippen LogP contribution < -0.4 is 10.2 Å². The zero-order valence-corrected chi connectivity index (χ0v) is 19.1. The van der Waals surface area contributed by atoms with Crippen LogP contribution in [-0.4, -0.2) is 44.7 Å². The lowest BCUT2D eigenvalue weighted by atomic mass is 10.2. The molecule has 0 saturated carbocycles. The topological polar surface area (TPSA) is 94.3 Å². The van der Waals surface area contributed by atoms with Crippen LogP contribution in [0, 0.1) is 0 Å². The molecule has 0 aliphatic heterocycles. The maximum atomic E-state index is 12.3. The standard InChI is InChI=1S/C23H19ClN6O2S/c1-32-20-4-2-3-16(13-20)14-26-27-21(31)15-33-23-29-28-22(17-9-11-25-12-10-17)30(23)19-7-5-18(24)6-8-19/h2-14H,15H2,1H3,(H,27,31)/b26-14-. The van der Waals surface area contributed by atoms with Gasteiger partial charge in [0.05, 0.1) is 19.1 Å². The first-order chi connectivity index (χ1) is 16.1. The molecule has 0 saturated heterocycles. The Balaban J connectivity index is 1.48. The fourth-order valence-electron chi connectivity index (χ4n) is 2.94. The number of nitrogens with zero attached hydrogens (tertiary/aromatic N) is 5. The van der Waals surface area contributed by atoms with Crippen molar-refractivity contribution >= 4 is 35.5 Å². The van der Waals surface area contributed by atoms with Gasteiger partial charge in [0.1, 0.15) is 5.75 Å². The number of hydrogen-bond donors (Lipinski definition) is 1. The molecular weight excluding hydrogens is 460 g/mol. The summed E-state index contributed by atoms with van der Waals surface area (Å²) >= 11 is 7.31. The lowest BCUT2D eigenvalue weighted by Gasteiger charge is -2.10. The van der Waals surface area contributed by atoms with E-state index in [0.29, 0.717) is 21.8 Å². The number of methoxy groups -OCH3 is 1. The van der Waals surface area contributed by atoms with Gasteiger partial charge in [-0.15, -0.1) is 10.2 Å². The van der Waals surface area contributed by atoms with E-state index in [1.54, 1.807) is 37.9 Å². The quantitative estimate of drug-likeness (QED) is 0.231. The van der Waals surface area contributed by atoms with Crippen molar-refractivity contribution in [3.63, 3.8) is 0 Å². The summed E-state index contributed by atoms with van der Waals surface area (Å²) in [6.07, 6.45) is 4.94. The van der Waals surface area contributed by atoms with Crippen molar-refractivity contribution < 1.29 is 9.53 Å². The lowest BCUT2D eigenvalue weighted by molar-refractivity contribution is -0.118. The minimum Gasteiger partial charge on any atom is -0.497 e. The number of pyridine rings is 1. The van der Waals surface area contributed by atoms with E-state index < -0.39 is 0 Å². The minimum atomic E-state index is -0.268. The Morgan fingerprint density at radius 1 is 1.15 bits per heavy atom. The van der Waals surface area contributed by atoms with Crippen molar-refractivity contribution in [3.05, 3.63) is 83.6 Å². The van der Waals surface area contributed by atoms with Gasteiger partial charge < -0.3 is 4.74 Å². The molecule has 10 heteroatoms. The Bertz CT molecular complexity index is 1260. The molecule has 2 heterocycles. The summed E-state index contributed by atoms with van der Waals surface area (Å²) in [7, 11) is 1.60. The van der Waals surface area contributed by atoms with E-state index >= 15 is 0 Å². The third-order valence-electron chi connectivity index (χ3n) is 4.49. The zero-order valence-electron chi connectivity index (χ0n) is 17.6. The average molecular weight is 479 g/mol. The second-order valence-electron chi connectivity index (χ2n) is 6.71.